The topological polar surface area (TPSA) is 49.3 Å². The summed E-state index contributed by atoms with van der Waals surface area (Å²) in [6, 6.07) is 6.96. The number of hydrogen-bond acceptors (Lipinski definition) is 2. The highest BCUT2D eigenvalue weighted by molar-refractivity contribution is 5.87. The van der Waals surface area contributed by atoms with E-state index in [1.165, 1.54) is 5.57 Å². The molecule has 0 spiro atoms. The minimum absolute atomic E-state index is 0.332. The van der Waals surface area contributed by atoms with Gasteiger partial charge in [-0.3, -0.25) is 0 Å². The van der Waals surface area contributed by atoms with E-state index in [0.717, 1.165) is 25.1 Å². The van der Waals surface area contributed by atoms with E-state index in [9.17, 15) is 4.79 Å². The molecule has 2 N–H and O–H groups in total. The van der Waals surface area contributed by atoms with Gasteiger partial charge in [-0.2, -0.15) is 0 Å². The highest BCUT2D eigenvalue weighted by Crippen LogP contribution is 2.04. The maximum Gasteiger partial charge on any atom is 0.335 e. The zero-order chi connectivity index (χ0) is 12.7. The highest BCUT2D eigenvalue weighted by atomic mass is 16.4. The van der Waals surface area contributed by atoms with Crippen LogP contribution in [0.25, 0.3) is 0 Å². The van der Waals surface area contributed by atoms with Gasteiger partial charge in [-0.05, 0) is 44.5 Å². The van der Waals surface area contributed by atoms with E-state index in [1.807, 2.05) is 12.1 Å². The number of allylic oxidation sites excluding steroid dienone is 1. The normalized spacial score (nSPS) is 10.0. The molecular formula is C14H19NO2. The van der Waals surface area contributed by atoms with E-state index in [2.05, 4.69) is 25.2 Å². The lowest BCUT2D eigenvalue weighted by molar-refractivity contribution is 0.0697. The average molecular weight is 233 g/mol. The highest BCUT2D eigenvalue weighted by Gasteiger charge is 2.00. The van der Waals surface area contributed by atoms with E-state index in [-0.39, 0.29) is 0 Å². The van der Waals surface area contributed by atoms with Crippen LogP contribution >= 0.6 is 0 Å². The third-order valence-electron chi connectivity index (χ3n) is 2.40. The summed E-state index contributed by atoms with van der Waals surface area (Å²) in [7, 11) is 0. The fraction of sp³-hybridized carbons (Fsp3) is 0.357. The second-order valence-corrected chi connectivity index (χ2v) is 4.25. The molecule has 0 saturated heterocycles. The standard InChI is InChI=1S/C14H19NO2/c1-11(2)4-3-9-15-10-12-5-7-13(8-6-12)14(16)17/h4-8,15H,3,9-10H2,1-2H3,(H,16,17). The minimum Gasteiger partial charge on any atom is -0.478 e. The van der Waals surface area contributed by atoms with Crippen LogP contribution in [0.3, 0.4) is 0 Å². The van der Waals surface area contributed by atoms with Crippen LogP contribution in [-0.2, 0) is 6.54 Å². The molecular weight excluding hydrogens is 214 g/mol. The van der Waals surface area contributed by atoms with Gasteiger partial charge >= 0.3 is 5.97 Å². The molecule has 1 aromatic rings. The SMILES string of the molecule is CC(C)=CCCNCc1ccc(C(=O)O)cc1. The number of carboxylic acids is 1. The molecule has 1 aromatic carbocycles. The molecule has 0 aromatic heterocycles. The van der Waals surface area contributed by atoms with Gasteiger partial charge in [-0.1, -0.05) is 23.8 Å². The van der Waals surface area contributed by atoms with Crippen molar-refractivity contribution in [1.29, 1.82) is 0 Å². The first-order valence-corrected chi connectivity index (χ1v) is 5.76. The van der Waals surface area contributed by atoms with Gasteiger partial charge < -0.3 is 10.4 Å². The first-order chi connectivity index (χ1) is 8.09. The Morgan fingerprint density at radius 2 is 1.94 bits per heavy atom. The smallest absolute Gasteiger partial charge is 0.335 e. The van der Waals surface area contributed by atoms with Crippen molar-refractivity contribution in [3.8, 4) is 0 Å². The van der Waals surface area contributed by atoms with Crippen LogP contribution in [0.15, 0.2) is 35.9 Å². The van der Waals surface area contributed by atoms with Crippen molar-refractivity contribution in [2.75, 3.05) is 6.54 Å². The van der Waals surface area contributed by atoms with Crippen LogP contribution < -0.4 is 5.32 Å². The van der Waals surface area contributed by atoms with Crippen LogP contribution in [0.2, 0.25) is 0 Å². The molecule has 0 saturated carbocycles. The molecule has 0 amide bonds. The average Bonchev–Trinajstić information content (AvgIpc) is 2.29. The van der Waals surface area contributed by atoms with E-state index in [1.54, 1.807) is 12.1 Å². The monoisotopic (exact) mass is 233 g/mol. The van der Waals surface area contributed by atoms with Gasteiger partial charge in [0.15, 0.2) is 0 Å². The Bertz CT molecular complexity index is 389. The Balaban J connectivity index is 2.32. The quantitative estimate of drug-likeness (QED) is 0.586. The summed E-state index contributed by atoms with van der Waals surface area (Å²) < 4.78 is 0. The molecule has 0 aliphatic carbocycles. The third-order valence-corrected chi connectivity index (χ3v) is 2.40. The van der Waals surface area contributed by atoms with Gasteiger partial charge in [0.2, 0.25) is 0 Å². The molecule has 0 unspecified atom stereocenters. The number of nitrogens with one attached hydrogen (secondary N) is 1. The molecule has 0 atom stereocenters. The summed E-state index contributed by atoms with van der Waals surface area (Å²) in [4.78, 5) is 10.7. The molecule has 0 aliphatic heterocycles. The van der Waals surface area contributed by atoms with Crippen LogP contribution in [0.4, 0.5) is 0 Å². The maximum absolute atomic E-state index is 10.7. The fourth-order valence-corrected chi connectivity index (χ4v) is 1.46. The van der Waals surface area contributed by atoms with E-state index >= 15 is 0 Å². The summed E-state index contributed by atoms with van der Waals surface area (Å²) in [5.74, 6) is -0.881. The molecule has 0 heterocycles. The summed E-state index contributed by atoms with van der Waals surface area (Å²) in [6.07, 6.45) is 3.22. The molecule has 1 rings (SSSR count). The van der Waals surface area contributed by atoms with Gasteiger partial charge in [0.1, 0.15) is 0 Å². The van der Waals surface area contributed by atoms with Crippen molar-refractivity contribution in [1.82, 2.24) is 5.32 Å². The Morgan fingerprint density at radius 1 is 1.29 bits per heavy atom. The second-order valence-electron chi connectivity index (χ2n) is 4.25. The van der Waals surface area contributed by atoms with E-state index in [0.29, 0.717) is 5.56 Å². The number of benzene rings is 1. The Morgan fingerprint density at radius 3 is 2.47 bits per heavy atom. The number of hydrogen-bond donors (Lipinski definition) is 2. The predicted molar refractivity (Wildman–Crippen MR) is 69.2 cm³/mol. The summed E-state index contributed by atoms with van der Waals surface area (Å²) in [5.41, 5.74) is 2.77. The predicted octanol–water partition coefficient (Wildman–Crippen LogP) is 2.83. The Labute approximate surface area is 102 Å². The second kappa shape index (κ2) is 6.86. The van der Waals surface area contributed by atoms with Crippen LogP contribution in [-0.4, -0.2) is 17.6 Å². The minimum atomic E-state index is -0.881. The molecule has 0 aliphatic rings. The first kappa shape index (κ1) is 13.5. The van der Waals surface area contributed by atoms with E-state index in [4.69, 9.17) is 5.11 Å². The molecule has 17 heavy (non-hydrogen) atoms. The summed E-state index contributed by atoms with van der Waals surface area (Å²) >= 11 is 0. The van der Waals surface area contributed by atoms with Crippen molar-refractivity contribution in [3.63, 3.8) is 0 Å². The van der Waals surface area contributed by atoms with Crippen LogP contribution in [0, 0.1) is 0 Å². The lowest BCUT2D eigenvalue weighted by Gasteiger charge is -2.04. The molecule has 3 nitrogen and oxygen atoms in total. The zero-order valence-corrected chi connectivity index (χ0v) is 10.4. The maximum atomic E-state index is 10.7. The Kier molecular flexibility index (Phi) is 5.43. The third kappa shape index (κ3) is 5.31. The van der Waals surface area contributed by atoms with Crippen molar-refractivity contribution in [3.05, 3.63) is 47.0 Å². The van der Waals surface area contributed by atoms with E-state index < -0.39 is 5.97 Å². The number of carbonyl (C=O) groups is 1. The molecule has 0 fully saturated rings. The first-order valence-electron chi connectivity index (χ1n) is 5.76. The Hall–Kier alpha value is -1.61. The van der Waals surface area contributed by atoms with Gasteiger partial charge in [-0.25, -0.2) is 4.79 Å². The van der Waals surface area contributed by atoms with Gasteiger partial charge in [0, 0.05) is 6.54 Å². The van der Waals surface area contributed by atoms with Crippen LogP contribution in [0.1, 0.15) is 36.2 Å². The number of rotatable bonds is 6. The number of carboxylic acid groups (broad SMARTS) is 1. The fourth-order valence-electron chi connectivity index (χ4n) is 1.46. The van der Waals surface area contributed by atoms with Crippen LogP contribution in [0.5, 0.6) is 0 Å². The van der Waals surface area contributed by atoms with Gasteiger partial charge in [0.25, 0.3) is 0 Å². The van der Waals surface area contributed by atoms with Gasteiger partial charge in [0.05, 0.1) is 5.56 Å². The van der Waals surface area contributed by atoms with Crippen molar-refractivity contribution < 1.29 is 9.90 Å². The zero-order valence-electron chi connectivity index (χ0n) is 10.4. The number of aromatic carboxylic acids is 1. The lowest BCUT2D eigenvalue weighted by atomic mass is 10.1. The van der Waals surface area contributed by atoms with Crippen molar-refractivity contribution in [2.45, 2.75) is 26.8 Å². The molecule has 0 bridgehead atoms. The molecule has 3 heteroatoms. The molecule has 92 valence electrons. The lowest BCUT2D eigenvalue weighted by Crippen LogP contribution is -2.14. The molecule has 0 radical (unpaired) electrons. The summed E-state index contributed by atoms with van der Waals surface area (Å²) in [5, 5.41) is 12.1. The largest absolute Gasteiger partial charge is 0.478 e. The van der Waals surface area contributed by atoms with Crippen molar-refractivity contribution >= 4 is 5.97 Å². The van der Waals surface area contributed by atoms with Gasteiger partial charge in [-0.15, -0.1) is 0 Å². The van der Waals surface area contributed by atoms with Crippen molar-refractivity contribution in [2.24, 2.45) is 0 Å². The summed E-state index contributed by atoms with van der Waals surface area (Å²) in [6.45, 7) is 5.89.